The summed E-state index contributed by atoms with van der Waals surface area (Å²) >= 11 is 0. The molecule has 428 valence electrons. The Hall–Kier alpha value is -3.40. The third-order valence-corrected chi connectivity index (χ3v) is 22.3. The predicted molar refractivity (Wildman–Crippen MR) is 336 cm³/mol. The first kappa shape index (κ1) is 62.8. The van der Waals surface area contributed by atoms with Gasteiger partial charge in [0.05, 0.1) is 12.2 Å². The SMILES string of the molecule is CCC(C)(C)c1cc(C(C)(C)CC)c2op(O[C@H](C)C[C@@H](C)Op3oc4c(C(C)(C)CC)cc(C(C)(C)CC)cc4c4cc(C(C)(C)CC)cc(C(C)(C)CC)c4o3)oc3c(C(C)(C)CC)cc(C(C)(C)CC)cc3c2c1. The van der Waals surface area contributed by atoms with E-state index in [0.717, 1.165) is 95.2 Å². The van der Waals surface area contributed by atoms with E-state index in [-0.39, 0.29) is 55.5 Å². The molecule has 6 aromatic rings. The molecule has 2 aromatic heterocycles. The van der Waals surface area contributed by atoms with Crippen molar-refractivity contribution in [1.82, 2.24) is 0 Å². The number of fused-ring (bicyclic) bond motifs is 6. The highest BCUT2D eigenvalue weighted by Crippen LogP contribution is 2.50. The van der Waals surface area contributed by atoms with Crippen LogP contribution in [0.5, 0.6) is 0 Å². The van der Waals surface area contributed by atoms with Gasteiger partial charge in [-0.1, -0.05) is 190 Å². The second-order valence-corrected chi connectivity index (χ2v) is 30.4. The second-order valence-electron chi connectivity index (χ2n) is 28.4. The molecule has 0 saturated carbocycles. The Kier molecular flexibility index (Phi) is 18.6. The van der Waals surface area contributed by atoms with E-state index in [1.165, 1.54) is 44.5 Å². The van der Waals surface area contributed by atoms with Gasteiger partial charge in [-0.05, 0) is 155 Å². The normalized spacial score (nSPS) is 14.6. The highest BCUT2D eigenvalue weighted by atomic mass is 31.1. The van der Waals surface area contributed by atoms with Crippen LogP contribution >= 0.6 is 16.5 Å². The van der Waals surface area contributed by atoms with Crippen LogP contribution in [0.2, 0.25) is 0 Å². The fourth-order valence-electron chi connectivity index (χ4n) is 10.1. The summed E-state index contributed by atoms with van der Waals surface area (Å²) in [5.74, 6) is 0. The summed E-state index contributed by atoms with van der Waals surface area (Å²) in [5, 5.41) is 4.36. The van der Waals surface area contributed by atoms with Crippen LogP contribution in [0.25, 0.3) is 43.9 Å². The van der Waals surface area contributed by atoms with Gasteiger partial charge < -0.3 is 16.8 Å². The molecule has 0 aliphatic heterocycles. The van der Waals surface area contributed by atoms with Crippen molar-refractivity contribution in [3.63, 3.8) is 0 Å². The average Bonchev–Trinajstić information content (AvgIpc) is 3.64. The zero-order valence-electron chi connectivity index (χ0n) is 53.5. The van der Waals surface area contributed by atoms with Gasteiger partial charge >= 0.3 is 16.5 Å². The zero-order chi connectivity index (χ0) is 57.8. The fourth-order valence-corrected chi connectivity index (χ4v) is 12.5. The lowest BCUT2D eigenvalue weighted by Gasteiger charge is -2.30. The monoisotopic (exact) mass is 1090 g/mol. The van der Waals surface area contributed by atoms with Crippen molar-refractivity contribution in [3.8, 4) is 0 Å². The number of hydrogen-bond acceptors (Lipinski definition) is 6. The topological polar surface area (TPSA) is 71.0 Å². The van der Waals surface area contributed by atoms with Crippen molar-refractivity contribution in [2.45, 2.75) is 293 Å². The molecule has 6 nitrogen and oxygen atoms in total. The van der Waals surface area contributed by atoms with Crippen molar-refractivity contribution in [3.05, 3.63) is 93.0 Å². The Balaban J connectivity index is 1.62. The van der Waals surface area contributed by atoms with Crippen LogP contribution in [-0.2, 0) is 43.3 Å². The van der Waals surface area contributed by atoms with E-state index < -0.39 is 16.5 Å². The molecule has 0 saturated heterocycles. The van der Waals surface area contributed by atoms with Crippen LogP contribution in [0.4, 0.5) is 0 Å². The van der Waals surface area contributed by atoms with Crippen molar-refractivity contribution < 1.29 is 25.8 Å². The van der Waals surface area contributed by atoms with Gasteiger partial charge in [0.2, 0.25) is 0 Å². The molecule has 8 heteroatoms. The van der Waals surface area contributed by atoms with Gasteiger partial charge in [-0.25, -0.2) is 0 Å². The molecular formula is C69H106O6P2. The third kappa shape index (κ3) is 12.7. The van der Waals surface area contributed by atoms with Crippen molar-refractivity contribution in [2.24, 2.45) is 0 Å². The van der Waals surface area contributed by atoms with Gasteiger partial charge in [-0.3, -0.25) is 9.05 Å². The molecule has 77 heavy (non-hydrogen) atoms. The summed E-state index contributed by atoms with van der Waals surface area (Å²) in [4.78, 5) is 0. The van der Waals surface area contributed by atoms with Gasteiger partial charge in [0.15, 0.2) is 0 Å². The van der Waals surface area contributed by atoms with Crippen molar-refractivity contribution >= 4 is 60.4 Å². The summed E-state index contributed by atoms with van der Waals surface area (Å²) in [6.45, 7) is 60.2. The standard InChI is InChI=1S/C69H106O6P2/c1-27-62(11,12)46-36-50-51-37-47(63(13,14)28-2)41-55(67(21,22)32-6)59(51)73-76(72-58(50)54(40-46)66(19,20)31-5)70-44(9)35-45(10)71-77-74-60-52(38-48(64(15,16)29-3)42-56(60)68(23,24)33-7)53-39-49(65(17,18)30-4)43-57(61(53)75-77)69(25,26)34-8/h36-45H,27-35H2,1-26H3/t44-,45-/m1/s1. The first-order chi connectivity index (χ1) is 35.5. The predicted octanol–water partition coefficient (Wildman–Crippen LogP) is 23.1. The van der Waals surface area contributed by atoms with Crippen LogP contribution < -0.4 is 9.05 Å². The first-order valence-electron chi connectivity index (χ1n) is 30.0. The van der Waals surface area contributed by atoms with Crippen molar-refractivity contribution in [1.29, 1.82) is 0 Å². The zero-order valence-corrected chi connectivity index (χ0v) is 55.3. The Morgan fingerprint density at radius 1 is 0.312 bits per heavy atom. The van der Waals surface area contributed by atoms with E-state index in [1.54, 1.807) is 0 Å². The molecule has 0 spiro atoms. The van der Waals surface area contributed by atoms with E-state index in [4.69, 9.17) is 25.8 Å². The molecule has 0 fully saturated rings. The van der Waals surface area contributed by atoms with Gasteiger partial charge in [0.1, 0.15) is 22.3 Å². The molecule has 4 aromatic carbocycles. The number of benzene rings is 4. The van der Waals surface area contributed by atoms with Gasteiger partial charge in [-0.2, -0.15) is 0 Å². The number of rotatable bonds is 22. The first-order valence-corrected chi connectivity index (χ1v) is 32.1. The lowest BCUT2D eigenvalue weighted by Crippen LogP contribution is -2.21. The van der Waals surface area contributed by atoms with Crippen molar-refractivity contribution in [2.75, 3.05) is 0 Å². The Morgan fingerprint density at radius 2 is 0.494 bits per heavy atom. The lowest BCUT2D eigenvalue weighted by molar-refractivity contribution is 0.184. The molecule has 6 rings (SSSR count). The summed E-state index contributed by atoms with van der Waals surface area (Å²) in [6, 6.07) is 19.3. The Labute approximate surface area is 470 Å². The van der Waals surface area contributed by atoms with E-state index >= 15 is 0 Å². The van der Waals surface area contributed by atoms with E-state index in [2.05, 4.69) is 229 Å². The quantitative estimate of drug-likeness (QED) is 0.0675. The van der Waals surface area contributed by atoms with Crippen LogP contribution in [0.15, 0.2) is 65.3 Å². The van der Waals surface area contributed by atoms with Crippen LogP contribution in [0.1, 0.15) is 282 Å². The second kappa shape index (κ2) is 22.9. The molecule has 0 bridgehead atoms. The minimum atomic E-state index is -1.93. The van der Waals surface area contributed by atoms with Gasteiger partial charge in [-0.15, -0.1) is 0 Å². The third-order valence-electron chi connectivity index (χ3n) is 19.9. The number of hydrogen-bond donors (Lipinski definition) is 0. The summed E-state index contributed by atoms with van der Waals surface area (Å²) in [7, 11) is -3.87. The summed E-state index contributed by atoms with van der Waals surface area (Å²) < 4.78 is 43.7. The molecule has 2 atom stereocenters. The van der Waals surface area contributed by atoms with E-state index in [0.29, 0.717) is 6.42 Å². The molecule has 0 amide bonds. The maximum Gasteiger partial charge on any atom is 0.387 e. The van der Waals surface area contributed by atoms with Crippen LogP contribution in [-0.4, -0.2) is 12.2 Å². The fraction of sp³-hybridized carbons (Fsp3) is 0.652. The van der Waals surface area contributed by atoms with Gasteiger partial charge in [0.25, 0.3) is 0 Å². The molecule has 0 aliphatic rings. The van der Waals surface area contributed by atoms with E-state index in [9.17, 15) is 0 Å². The smallest absolute Gasteiger partial charge is 0.387 e. The molecular weight excluding hydrogens is 987 g/mol. The molecule has 0 N–H and O–H groups in total. The Bertz CT molecular complexity index is 2750. The minimum absolute atomic E-state index is 0.0551. The minimum Gasteiger partial charge on any atom is -0.399 e. The largest absolute Gasteiger partial charge is 0.399 e. The highest BCUT2D eigenvalue weighted by Gasteiger charge is 2.35. The summed E-state index contributed by atoms with van der Waals surface area (Å²) in [6.07, 6.45) is 7.75. The van der Waals surface area contributed by atoms with Crippen LogP contribution in [0.3, 0.4) is 0 Å². The maximum absolute atomic E-state index is 7.34. The Morgan fingerprint density at radius 3 is 0.662 bits per heavy atom. The maximum atomic E-state index is 7.34. The molecule has 2 heterocycles. The summed E-state index contributed by atoms with van der Waals surface area (Å²) in [5.41, 5.74) is 12.5. The van der Waals surface area contributed by atoms with Gasteiger partial charge in [0, 0.05) is 50.2 Å². The lowest BCUT2D eigenvalue weighted by atomic mass is 9.74. The van der Waals surface area contributed by atoms with Crippen LogP contribution in [0, 0.1) is 0 Å². The molecule has 0 unspecified atom stereocenters. The van der Waals surface area contributed by atoms with E-state index in [1.807, 2.05) is 0 Å². The average molecular weight is 1090 g/mol. The molecule has 0 aliphatic carbocycles. The highest BCUT2D eigenvalue weighted by molar-refractivity contribution is 7.32. The molecule has 0 radical (unpaired) electrons.